The predicted octanol–water partition coefficient (Wildman–Crippen LogP) is 2.42. The van der Waals surface area contributed by atoms with E-state index in [0.717, 1.165) is 38.3 Å². The van der Waals surface area contributed by atoms with Crippen LogP contribution in [0.5, 0.6) is 5.75 Å². The van der Waals surface area contributed by atoms with Crippen LogP contribution in [0, 0.1) is 0 Å². The number of nitrogens with one attached hydrogen (secondary N) is 1. The summed E-state index contributed by atoms with van der Waals surface area (Å²) in [6.07, 6.45) is 2.17. The lowest BCUT2D eigenvalue weighted by Crippen LogP contribution is -2.46. The molecule has 0 spiro atoms. The first-order chi connectivity index (χ1) is 7.73. The Balaban J connectivity index is 1.91. The Labute approximate surface area is 101 Å². The molecule has 0 atom stereocenters. The molecule has 1 fully saturated rings. The van der Waals surface area contributed by atoms with Gasteiger partial charge in [-0.25, -0.2) is 0 Å². The van der Waals surface area contributed by atoms with Gasteiger partial charge >= 0.3 is 0 Å². The average Bonchev–Trinajstić information content (AvgIpc) is 2.75. The first-order valence-corrected chi connectivity index (χ1v) is 6.55. The summed E-state index contributed by atoms with van der Waals surface area (Å²) in [5.74, 6) is 0.994. The minimum Gasteiger partial charge on any atom is -0.496 e. The number of hydrogen-bond donors (Lipinski definition) is 1. The molecule has 0 amide bonds. The van der Waals surface area contributed by atoms with E-state index >= 15 is 0 Å². The van der Waals surface area contributed by atoms with E-state index < -0.39 is 0 Å². The molecule has 4 heteroatoms. The monoisotopic (exact) mass is 241 g/mol. The minimum absolute atomic E-state index is 0.216. The van der Waals surface area contributed by atoms with E-state index in [1.165, 1.54) is 4.88 Å². The van der Waals surface area contributed by atoms with E-state index in [4.69, 9.17) is 9.47 Å². The smallest absolute Gasteiger partial charge is 0.134 e. The number of thiophene rings is 1. The first-order valence-electron chi connectivity index (χ1n) is 5.67. The summed E-state index contributed by atoms with van der Waals surface area (Å²) in [6, 6.07) is 2.02. The van der Waals surface area contributed by atoms with Gasteiger partial charge in [0.15, 0.2) is 0 Å². The van der Waals surface area contributed by atoms with E-state index in [1.807, 2.05) is 6.07 Å². The van der Waals surface area contributed by atoms with Gasteiger partial charge in [-0.3, -0.25) is 0 Å². The Morgan fingerprint density at radius 2 is 2.25 bits per heavy atom. The second kappa shape index (κ2) is 5.17. The molecule has 1 aliphatic heterocycles. The van der Waals surface area contributed by atoms with Crippen LogP contribution >= 0.6 is 11.3 Å². The van der Waals surface area contributed by atoms with Gasteiger partial charge in [-0.05, 0) is 31.2 Å². The summed E-state index contributed by atoms with van der Waals surface area (Å²) in [7, 11) is 1.72. The summed E-state index contributed by atoms with van der Waals surface area (Å²) in [5, 5.41) is 5.70. The molecule has 0 bridgehead atoms. The Morgan fingerprint density at radius 1 is 1.50 bits per heavy atom. The van der Waals surface area contributed by atoms with Gasteiger partial charge in [0, 0.05) is 25.3 Å². The third kappa shape index (κ3) is 2.75. The van der Waals surface area contributed by atoms with Crippen LogP contribution < -0.4 is 10.1 Å². The zero-order chi connectivity index (χ0) is 11.4. The number of hydrogen-bond acceptors (Lipinski definition) is 4. The first kappa shape index (κ1) is 11.9. The molecule has 1 aromatic heterocycles. The fourth-order valence-electron chi connectivity index (χ4n) is 1.93. The maximum Gasteiger partial charge on any atom is 0.134 e. The van der Waals surface area contributed by atoms with Crippen LogP contribution in [-0.2, 0) is 11.3 Å². The molecule has 1 N–H and O–H groups in total. The fraction of sp³-hybridized carbons (Fsp3) is 0.667. The van der Waals surface area contributed by atoms with Gasteiger partial charge in [-0.15, -0.1) is 11.3 Å². The highest BCUT2D eigenvalue weighted by Crippen LogP contribution is 2.26. The standard InChI is InChI=1S/C12H19NO2S/c1-12(4-6-15-7-5-12)13-9-11-10(14-2)3-8-16-11/h3,8,13H,4-7,9H2,1-2H3. The molecular weight excluding hydrogens is 222 g/mol. The van der Waals surface area contributed by atoms with Gasteiger partial charge in [0.2, 0.25) is 0 Å². The van der Waals surface area contributed by atoms with Crippen LogP contribution in [0.25, 0.3) is 0 Å². The molecule has 3 nitrogen and oxygen atoms in total. The van der Waals surface area contributed by atoms with E-state index in [0.29, 0.717) is 0 Å². The van der Waals surface area contributed by atoms with E-state index in [2.05, 4.69) is 17.6 Å². The van der Waals surface area contributed by atoms with Crippen molar-refractivity contribution < 1.29 is 9.47 Å². The Hall–Kier alpha value is -0.580. The van der Waals surface area contributed by atoms with Crippen LogP contribution in [0.15, 0.2) is 11.4 Å². The van der Waals surface area contributed by atoms with E-state index in [9.17, 15) is 0 Å². The van der Waals surface area contributed by atoms with E-state index in [1.54, 1.807) is 18.4 Å². The average molecular weight is 241 g/mol. The van der Waals surface area contributed by atoms with Crippen molar-refractivity contribution in [2.24, 2.45) is 0 Å². The highest BCUT2D eigenvalue weighted by atomic mass is 32.1. The van der Waals surface area contributed by atoms with Crippen molar-refractivity contribution in [2.45, 2.75) is 31.8 Å². The van der Waals surface area contributed by atoms with Crippen molar-refractivity contribution in [3.63, 3.8) is 0 Å². The molecule has 0 radical (unpaired) electrons. The topological polar surface area (TPSA) is 30.5 Å². The Kier molecular flexibility index (Phi) is 3.84. The van der Waals surface area contributed by atoms with Gasteiger partial charge in [-0.2, -0.15) is 0 Å². The van der Waals surface area contributed by atoms with Gasteiger partial charge in [0.25, 0.3) is 0 Å². The zero-order valence-electron chi connectivity index (χ0n) is 9.91. The maximum atomic E-state index is 5.38. The summed E-state index contributed by atoms with van der Waals surface area (Å²) in [4.78, 5) is 1.27. The molecule has 0 aliphatic carbocycles. The third-order valence-electron chi connectivity index (χ3n) is 3.20. The lowest BCUT2D eigenvalue weighted by atomic mass is 9.92. The molecule has 0 saturated carbocycles. The molecule has 16 heavy (non-hydrogen) atoms. The van der Waals surface area contributed by atoms with Crippen molar-refractivity contribution in [3.05, 3.63) is 16.3 Å². The van der Waals surface area contributed by atoms with Crippen molar-refractivity contribution >= 4 is 11.3 Å². The summed E-state index contributed by atoms with van der Waals surface area (Å²) in [6.45, 7) is 4.89. The molecular formula is C12H19NO2S. The molecule has 0 unspecified atom stereocenters. The predicted molar refractivity (Wildman–Crippen MR) is 66.2 cm³/mol. The molecule has 1 saturated heterocycles. The van der Waals surface area contributed by atoms with Crippen LogP contribution in [0.2, 0.25) is 0 Å². The Morgan fingerprint density at radius 3 is 2.94 bits per heavy atom. The van der Waals surface area contributed by atoms with Crippen molar-refractivity contribution in [1.29, 1.82) is 0 Å². The molecule has 1 aliphatic rings. The number of methoxy groups -OCH3 is 1. The SMILES string of the molecule is COc1ccsc1CNC1(C)CCOCC1. The maximum absolute atomic E-state index is 5.38. The summed E-state index contributed by atoms with van der Waals surface area (Å²) in [5.41, 5.74) is 0.216. The van der Waals surface area contributed by atoms with Crippen LogP contribution in [-0.4, -0.2) is 25.9 Å². The minimum atomic E-state index is 0.216. The summed E-state index contributed by atoms with van der Waals surface area (Å²) >= 11 is 1.74. The quantitative estimate of drug-likeness (QED) is 0.878. The van der Waals surface area contributed by atoms with Crippen molar-refractivity contribution in [3.8, 4) is 5.75 Å². The van der Waals surface area contributed by atoms with Gasteiger partial charge in [0.1, 0.15) is 5.75 Å². The molecule has 1 aromatic rings. The van der Waals surface area contributed by atoms with Crippen LogP contribution in [0.1, 0.15) is 24.6 Å². The molecule has 2 rings (SSSR count). The lowest BCUT2D eigenvalue weighted by Gasteiger charge is -2.34. The second-order valence-corrected chi connectivity index (χ2v) is 5.44. The molecule has 2 heterocycles. The Bertz CT molecular complexity index is 332. The fourth-order valence-corrected chi connectivity index (χ4v) is 2.71. The normalized spacial score (nSPS) is 19.6. The highest BCUT2D eigenvalue weighted by molar-refractivity contribution is 7.10. The van der Waals surface area contributed by atoms with Crippen LogP contribution in [0.3, 0.4) is 0 Å². The second-order valence-electron chi connectivity index (χ2n) is 4.44. The molecule has 90 valence electrons. The lowest BCUT2D eigenvalue weighted by molar-refractivity contribution is 0.0446. The number of ether oxygens (including phenoxy) is 2. The van der Waals surface area contributed by atoms with E-state index in [-0.39, 0.29) is 5.54 Å². The van der Waals surface area contributed by atoms with Gasteiger partial charge in [-0.1, -0.05) is 0 Å². The van der Waals surface area contributed by atoms with Crippen molar-refractivity contribution in [1.82, 2.24) is 5.32 Å². The largest absolute Gasteiger partial charge is 0.496 e. The highest BCUT2D eigenvalue weighted by Gasteiger charge is 2.26. The summed E-state index contributed by atoms with van der Waals surface area (Å²) < 4.78 is 10.7. The third-order valence-corrected chi connectivity index (χ3v) is 4.10. The van der Waals surface area contributed by atoms with Crippen LogP contribution in [0.4, 0.5) is 0 Å². The van der Waals surface area contributed by atoms with Gasteiger partial charge in [0.05, 0.1) is 12.0 Å². The zero-order valence-corrected chi connectivity index (χ0v) is 10.7. The molecule has 0 aromatic carbocycles. The van der Waals surface area contributed by atoms with Crippen molar-refractivity contribution in [2.75, 3.05) is 20.3 Å². The number of rotatable bonds is 4. The van der Waals surface area contributed by atoms with Gasteiger partial charge < -0.3 is 14.8 Å².